The summed E-state index contributed by atoms with van der Waals surface area (Å²) >= 11 is 1.64. The SMILES string of the molecule is COc1ccc(-n2nnc(C(=O)Nc3sc4c(c3-c3nc5ccccc5[nH]3)CCCC4)c2C)cc1. The number of hydrogen-bond donors (Lipinski definition) is 2. The number of anilines is 1. The average molecular weight is 485 g/mol. The Labute approximate surface area is 206 Å². The second kappa shape index (κ2) is 8.66. The molecule has 35 heavy (non-hydrogen) atoms. The highest BCUT2D eigenvalue weighted by atomic mass is 32.1. The first-order chi connectivity index (χ1) is 17.1. The number of para-hydroxylation sites is 2. The van der Waals surface area contributed by atoms with Crippen molar-refractivity contribution < 1.29 is 9.53 Å². The summed E-state index contributed by atoms with van der Waals surface area (Å²) in [5.74, 6) is 1.27. The van der Waals surface area contributed by atoms with Crippen molar-refractivity contribution in [3.05, 3.63) is 70.4 Å². The number of imidazole rings is 1. The molecule has 3 heterocycles. The molecule has 1 aliphatic rings. The van der Waals surface area contributed by atoms with Crippen LogP contribution in [0.3, 0.4) is 0 Å². The van der Waals surface area contributed by atoms with Crippen LogP contribution in [0.25, 0.3) is 28.1 Å². The number of nitrogens with zero attached hydrogens (tertiary/aromatic N) is 4. The molecule has 6 rings (SSSR count). The van der Waals surface area contributed by atoms with Gasteiger partial charge < -0.3 is 15.0 Å². The quantitative estimate of drug-likeness (QED) is 0.352. The molecule has 3 aromatic heterocycles. The second-order valence-corrected chi connectivity index (χ2v) is 9.71. The number of aryl methyl sites for hydroxylation is 1. The minimum absolute atomic E-state index is 0.279. The highest BCUT2D eigenvalue weighted by Crippen LogP contribution is 2.44. The summed E-state index contributed by atoms with van der Waals surface area (Å²) in [6, 6.07) is 15.5. The maximum absolute atomic E-state index is 13.4. The summed E-state index contributed by atoms with van der Waals surface area (Å²) in [5, 5.41) is 12.4. The number of carbonyl (C=O) groups is 1. The van der Waals surface area contributed by atoms with Gasteiger partial charge in [0.1, 0.15) is 16.6 Å². The maximum atomic E-state index is 13.4. The number of thiophene rings is 1. The number of amides is 1. The molecule has 0 saturated carbocycles. The fourth-order valence-corrected chi connectivity index (χ4v) is 5.93. The number of hydrogen-bond acceptors (Lipinski definition) is 6. The molecule has 0 fully saturated rings. The van der Waals surface area contributed by atoms with Crippen LogP contribution in [-0.2, 0) is 12.8 Å². The van der Waals surface area contributed by atoms with Gasteiger partial charge in [0, 0.05) is 4.88 Å². The molecular formula is C26H24N6O2S. The van der Waals surface area contributed by atoms with E-state index in [4.69, 9.17) is 9.72 Å². The number of fused-ring (bicyclic) bond motifs is 2. The first kappa shape index (κ1) is 21.5. The number of rotatable bonds is 5. The van der Waals surface area contributed by atoms with Gasteiger partial charge in [-0.1, -0.05) is 17.3 Å². The number of benzene rings is 2. The third kappa shape index (κ3) is 3.77. The minimum atomic E-state index is -0.279. The number of methoxy groups -OCH3 is 1. The zero-order chi connectivity index (χ0) is 23.9. The van der Waals surface area contributed by atoms with E-state index in [1.807, 2.05) is 55.5 Å². The summed E-state index contributed by atoms with van der Waals surface area (Å²) in [6.07, 6.45) is 4.31. The Bertz CT molecular complexity index is 1510. The average Bonchev–Trinajstić information content (AvgIpc) is 3.58. The van der Waals surface area contributed by atoms with Crippen LogP contribution in [0, 0.1) is 6.92 Å². The summed E-state index contributed by atoms with van der Waals surface area (Å²) in [5.41, 5.74) is 5.94. The molecule has 0 atom stereocenters. The van der Waals surface area contributed by atoms with Crippen molar-refractivity contribution in [3.8, 4) is 22.8 Å². The minimum Gasteiger partial charge on any atom is -0.497 e. The van der Waals surface area contributed by atoms with E-state index in [1.54, 1.807) is 23.1 Å². The molecule has 0 radical (unpaired) electrons. The van der Waals surface area contributed by atoms with E-state index in [-0.39, 0.29) is 5.91 Å². The molecule has 1 amide bonds. The van der Waals surface area contributed by atoms with Crippen LogP contribution >= 0.6 is 11.3 Å². The molecular weight excluding hydrogens is 460 g/mol. The first-order valence-electron chi connectivity index (χ1n) is 11.6. The van der Waals surface area contributed by atoms with Crippen LogP contribution < -0.4 is 10.1 Å². The number of carbonyl (C=O) groups excluding carboxylic acids is 1. The van der Waals surface area contributed by atoms with Crippen molar-refractivity contribution >= 4 is 33.3 Å². The molecule has 1 aliphatic carbocycles. The number of H-pyrrole nitrogens is 1. The predicted molar refractivity (Wildman–Crippen MR) is 137 cm³/mol. The van der Waals surface area contributed by atoms with E-state index in [1.165, 1.54) is 10.4 Å². The van der Waals surface area contributed by atoms with E-state index in [9.17, 15) is 4.79 Å². The van der Waals surface area contributed by atoms with Crippen LogP contribution in [0.2, 0.25) is 0 Å². The van der Waals surface area contributed by atoms with E-state index in [0.29, 0.717) is 11.4 Å². The number of aromatic nitrogens is 5. The van der Waals surface area contributed by atoms with E-state index >= 15 is 0 Å². The first-order valence-corrected chi connectivity index (χ1v) is 12.4. The van der Waals surface area contributed by atoms with Gasteiger partial charge in [-0.2, -0.15) is 0 Å². The number of aromatic amines is 1. The van der Waals surface area contributed by atoms with Gasteiger partial charge in [0.2, 0.25) is 0 Å². The van der Waals surface area contributed by atoms with Crippen molar-refractivity contribution in [3.63, 3.8) is 0 Å². The summed E-state index contributed by atoms with van der Waals surface area (Å²) in [7, 11) is 1.63. The predicted octanol–water partition coefficient (Wildman–Crippen LogP) is 5.32. The van der Waals surface area contributed by atoms with Crippen molar-refractivity contribution in [1.29, 1.82) is 0 Å². The Morgan fingerprint density at radius 1 is 1.11 bits per heavy atom. The van der Waals surface area contributed by atoms with Crippen LogP contribution in [0.5, 0.6) is 5.75 Å². The third-order valence-electron chi connectivity index (χ3n) is 6.45. The normalized spacial score (nSPS) is 13.1. The van der Waals surface area contributed by atoms with Crippen molar-refractivity contribution in [1.82, 2.24) is 25.0 Å². The largest absolute Gasteiger partial charge is 0.497 e. The highest BCUT2D eigenvalue weighted by molar-refractivity contribution is 7.17. The molecule has 0 aliphatic heterocycles. The summed E-state index contributed by atoms with van der Waals surface area (Å²) in [4.78, 5) is 23.0. The summed E-state index contributed by atoms with van der Waals surface area (Å²) in [6.45, 7) is 1.85. The maximum Gasteiger partial charge on any atom is 0.278 e. The zero-order valence-electron chi connectivity index (χ0n) is 19.5. The van der Waals surface area contributed by atoms with E-state index in [2.05, 4.69) is 20.6 Å². The van der Waals surface area contributed by atoms with Gasteiger partial charge in [-0.05, 0) is 74.6 Å². The Hall–Kier alpha value is -3.98. The van der Waals surface area contributed by atoms with Gasteiger partial charge in [-0.3, -0.25) is 4.79 Å². The lowest BCUT2D eigenvalue weighted by Gasteiger charge is -2.12. The Morgan fingerprint density at radius 2 is 1.91 bits per heavy atom. The smallest absolute Gasteiger partial charge is 0.278 e. The van der Waals surface area contributed by atoms with Gasteiger partial charge in [0.15, 0.2) is 5.69 Å². The molecule has 8 nitrogen and oxygen atoms in total. The standard InChI is InChI=1S/C26H24N6O2S/c1-15-23(30-31-32(15)16-11-13-17(34-2)14-12-16)25(33)29-26-22(18-7-3-6-10-21(18)35-26)24-27-19-8-4-5-9-20(19)28-24/h4-5,8-9,11-14H,3,6-7,10H2,1-2H3,(H,27,28)(H,29,33). The molecule has 0 spiro atoms. The lowest BCUT2D eigenvalue weighted by molar-refractivity contribution is 0.102. The monoisotopic (exact) mass is 484 g/mol. The Kier molecular flexibility index (Phi) is 5.33. The Morgan fingerprint density at radius 3 is 2.71 bits per heavy atom. The third-order valence-corrected chi connectivity index (χ3v) is 7.66. The second-order valence-electron chi connectivity index (χ2n) is 8.60. The molecule has 176 valence electrons. The zero-order valence-corrected chi connectivity index (χ0v) is 20.3. The Balaban J connectivity index is 1.36. The van der Waals surface area contributed by atoms with Crippen LogP contribution in [0.1, 0.15) is 39.5 Å². The molecule has 5 aromatic rings. The lowest BCUT2D eigenvalue weighted by Crippen LogP contribution is -2.14. The number of ether oxygens (including phenoxy) is 1. The van der Waals surface area contributed by atoms with Crippen LogP contribution in [-0.4, -0.2) is 38.0 Å². The van der Waals surface area contributed by atoms with E-state index < -0.39 is 0 Å². The molecule has 0 unspecified atom stereocenters. The van der Waals surface area contributed by atoms with Crippen molar-refractivity contribution in [2.75, 3.05) is 12.4 Å². The van der Waals surface area contributed by atoms with Gasteiger partial charge in [0.25, 0.3) is 5.91 Å². The lowest BCUT2D eigenvalue weighted by atomic mass is 9.95. The van der Waals surface area contributed by atoms with Crippen LogP contribution in [0.15, 0.2) is 48.5 Å². The van der Waals surface area contributed by atoms with Gasteiger partial charge in [-0.25, -0.2) is 9.67 Å². The molecule has 0 bridgehead atoms. The fraction of sp³-hybridized carbons (Fsp3) is 0.231. The van der Waals surface area contributed by atoms with E-state index in [0.717, 1.165) is 64.5 Å². The molecule has 0 saturated heterocycles. The topological polar surface area (TPSA) is 97.7 Å². The van der Waals surface area contributed by atoms with Gasteiger partial charge in [0.05, 0.1) is 35.1 Å². The van der Waals surface area contributed by atoms with Crippen molar-refractivity contribution in [2.45, 2.75) is 32.6 Å². The number of nitrogens with one attached hydrogen (secondary N) is 2. The molecule has 9 heteroatoms. The van der Waals surface area contributed by atoms with Gasteiger partial charge in [-0.15, -0.1) is 16.4 Å². The fourth-order valence-electron chi connectivity index (χ4n) is 4.65. The molecule has 2 N–H and O–H groups in total. The summed E-state index contributed by atoms with van der Waals surface area (Å²) < 4.78 is 6.89. The highest BCUT2D eigenvalue weighted by Gasteiger charge is 2.26. The molecule has 2 aromatic carbocycles. The van der Waals surface area contributed by atoms with Crippen LogP contribution in [0.4, 0.5) is 5.00 Å². The van der Waals surface area contributed by atoms with Gasteiger partial charge >= 0.3 is 0 Å². The van der Waals surface area contributed by atoms with Crippen molar-refractivity contribution in [2.24, 2.45) is 0 Å².